The van der Waals surface area contributed by atoms with Crippen molar-refractivity contribution in [2.75, 3.05) is 13.1 Å². The SMILES string of the molecule is CCN(CC)S(=O)(=O)N[C@H](c1ccccc1)c1ccccn1. The Bertz CT molecular complexity index is 632. The molecule has 1 heterocycles. The first kappa shape index (κ1) is 16.6. The number of hydrogen-bond donors (Lipinski definition) is 1. The second kappa shape index (κ2) is 7.49. The van der Waals surface area contributed by atoms with Crippen LogP contribution in [0.15, 0.2) is 54.7 Å². The van der Waals surface area contributed by atoms with Crippen molar-refractivity contribution in [3.05, 3.63) is 66.0 Å². The van der Waals surface area contributed by atoms with Gasteiger partial charge in [0.25, 0.3) is 10.2 Å². The van der Waals surface area contributed by atoms with Crippen LogP contribution in [-0.2, 0) is 10.2 Å². The number of benzene rings is 1. The van der Waals surface area contributed by atoms with Crippen LogP contribution in [-0.4, -0.2) is 30.8 Å². The van der Waals surface area contributed by atoms with Gasteiger partial charge in [0.05, 0.1) is 11.7 Å². The molecule has 1 N–H and O–H groups in total. The zero-order chi connectivity index (χ0) is 16.0. The van der Waals surface area contributed by atoms with Crippen molar-refractivity contribution in [2.24, 2.45) is 0 Å². The van der Waals surface area contributed by atoms with Gasteiger partial charge in [-0.05, 0) is 17.7 Å². The third-order valence-corrected chi connectivity index (χ3v) is 5.16. The molecule has 118 valence electrons. The number of nitrogens with zero attached hydrogens (tertiary/aromatic N) is 2. The van der Waals surface area contributed by atoms with Crippen molar-refractivity contribution in [1.29, 1.82) is 0 Å². The molecule has 0 amide bonds. The maximum absolute atomic E-state index is 12.5. The Balaban J connectivity index is 2.39. The molecule has 0 saturated heterocycles. The Labute approximate surface area is 132 Å². The van der Waals surface area contributed by atoms with Crippen molar-refractivity contribution in [2.45, 2.75) is 19.9 Å². The van der Waals surface area contributed by atoms with E-state index in [-0.39, 0.29) is 0 Å². The summed E-state index contributed by atoms with van der Waals surface area (Å²) in [6, 6.07) is 14.4. The van der Waals surface area contributed by atoms with Gasteiger partial charge in [-0.3, -0.25) is 4.98 Å². The average Bonchev–Trinajstić information content (AvgIpc) is 2.55. The van der Waals surface area contributed by atoms with Crippen LogP contribution in [0.2, 0.25) is 0 Å². The molecule has 0 fully saturated rings. The Morgan fingerprint density at radius 1 is 1.05 bits per heavy atom. The lowest BCUT2D eigenvalue weighted by Gasteiger charge is -2.24. The van der Waals surface area contributed by atoms with Crippen molar-refractivity contribution < 1.29 is 8.42 Å². The largest absolute Gasteiger partial charge is 0.280 e. The predicted molar refractivity (Wildman–Crippen MR) is 87.5 cm³/mol. The third-order valence-electron chi connectivity index (χ3n) is 3.43. The molecule has 0 unspecified atom stereocenters. The van der Waals surface area contributed by atoms with Crippen LogP contribution < -0.4 is 4.72 Å². The van der Waals surface area contributed by atoms with Crippen LogP contribution in [0.1, 0.15) is 31.1 Å². The molecule has 5 nitrogen and oxygen atoms in total. The number of rotatable bonds is 7. The van der Waals surface area contributed by atoms with Gasteiger partial charge in [0, 0.05) is 19.3 Å². The van der Waals surface area contributed by atoms with E-state index in [0.29, 0.717) is 18.8 Å². The molecule has 22 heavy (non-hydrogen) atoms. The predicted octanol–water partition coefficient (Wildman–Crippen LogP) is 2.35. The van der Waals surface area contributed by atoms with Crippen LogP contribution >= 0.6 is 0 Å². The van der Waals surface area contributed by atoms with E-state index in [1.54, 1.807) is 6.20 Å². The van der Waals surface area contributed by atoms with E-state index in [4.69, 9.17) is 0 Å². The minimum absolute atomic E-state index is 0.426. The van der Waals surface area contributed by atoms with Gasteiger partial charge in [-0.2, -0.15) is 17.4 Å². The summed E-state index contributed by atoms with van der Waals surface area (Å²) >= 11 is 0. The molecule has 6 heteroatoms. The monoisotopic (exact) mass is 319 g/mol. The zero-order valence-electron chi connectivity index (χ0n) is 12.8. The van der Waals surface area contributed by atoms with E-state index in [1.165, 1.54) is 4.31 Å². The van der Waals surface area contributed by atoms with Gasteiger partial charge in [0.1, 0.15) is 0 Å². The molecule has 0 aliphatic carbocycles. The maximum Gasteiger partial charge on any atom is 0.280 e. The van der Waals surface area contributed by atoms with Gasteiger partial charge >= 0.3 is 0 Å². The topological polar surface area (TPSA) is 62.3 Å². The highest BCUT2D eigenvalue weighted by Crippen LogP contribution is 2.21. The molecule has 0 spiro atoms. The highest BCUT2D eigenvalue weighted by molar-refractivity contribution is 7.87. The number of nitrogens with one attached hydrogen (secondary N) is 1. The highest BCUT2D eigenvalue weighted by Gasteiger charge is 2.25. The molecule has 1 atom stereocenters. The standard InChI is InChI=1S/C16H21N3O2S/c1-3-19(4-2)22(20,21)18-16(14-10-6-5-7-11-14)15-12-8-9-13-17-15/h5-13,16,18H,3-4H2,1-2H3/t16-/m1/s1. The lowest BCUT2D eigenvalue weighted by molar-refractivity contribution is 0.430. The minimum atomic E-state index is -3.57. The van der Waals surface area contributed by atoms with Gasteiger partial charge in [-0.25, -0.2) is 0 Å². The Kier molecular flexibility index (Phi) is 5.65. The Morgan fingerprint density at radius 2 is 1.68 bits per heavy atom. The van der Waals surface area contributed by atoms with Crippen molar-refractivity contribution in [3.63, 3.8) is 0 Å². The Hall–Kier alpha value is -1.76. The summed E-state index contributed by atoms with van der Waals surface area (Å²) in [5, 5.41) is 0. The van der Waals surface area contributed by atoms with Crippen molar-refractivity contribution in [3.8, 4) is 0 Å². The van der Waals surface area contributed by atoms with Crippen LogP contribution in [0.25, 0.3) is 0 Å². The van der Waals surface area contributed by atoms with E-state index in [2.05, 4.69) is 9.71 Å². The highest BCUT2D eigenvalue weighted by atomic mass is 32.2. The first-order valence-electron chi connectivity index (χ1n) is 7.31. The second-order valence-corrected chi connectivity index (χ2v) is 6.51. The number of hydrogen-bond acceptors (Lipinski definition) is 3. The van der Waals surface area contributed by atoms with E-state index in [1.807, 2.05) is 62.4 Å². The van der Waals surface area contributed by atoms with Crippen LogP contribution in [0, 0.1) is 0 Å². The van der Waals surface area contributed by atoms with E-state index in [9.17, 15) is 8.42 Å². The Morgan fingerprint density at radius 3 is 2.23 bits per heavy atom. The quantitative estimate of drug-likeness (QED) is 0.852. The first-order valence-corrected chi connectivity index (χ1v) is 8.75. The molecule has 0 saturated carbocycles. The molecule has 0 aliphatic heterocycles. The lowest BCUT2D eigenvalue weighted by Crippen LogP contribution is -2.42. The molecule has 2 rings (SSSR count). The smallest absolute Gasteiger partial charge is 0.259 e. The summed E-state index contributed by atoms with van der Waals surface area (Å²) in [7, 11) is -3.57. The maximum atomic E-state index is 12.5. The fourth-order valence-electron chi connectivity index (χ4n) is 2.28. The summed E-state index contributed by atoms with van der Waals surface area (Å²) in [6.45, 7) is 4.49. The molecular weight excluding hydrogens is 298 g/mol. The molecule has 0 bridgehead atoms. The van der Waals surface area contributed by atoms with Crippen LogP contribution in [0.5, 0.6) is 0 Å². The summed E-state index contributed by atoms with van der Waals surface area (Å²) in [5.74, 6) is 0. The molecule has 2 aromatic rings. The zero-order valence-corrected chi connectivity index (χ0v) is 13.6. The van der Waals surface area contributed by atoms with Gasteiger partial charge in [0.15, 0.2) is 0 Å². The number of pyridine rings is 1. The van der Waals surface area contributed by atoms with Gasteiger partial charge in [-0.1, -0.05) is 50.2 Å². The molecule has 1 aromatic carbocycles. The second-order valence-electron chi connectivity index (χ2n) is 4.81. The van der Waals surface area contributed by atoms with E-state index in [0.717, 1.165) is 5.56 Å². The summed E-state index contributed by atoms with van der Waals surface area (Å²) in [4.78, 5) is 4.31. The summed E-state index contributed by atoms with van der Waals surface area (Å²) in [6.07, 6.45) is 1.66. The molecule has 0 aliphatic rings. The number of aromatic nitrogens is 1. The molecular formula is C16H21N3O2S. The van der Waals surface area contributed by atoms with Crippen LogP contribution in [0.3, 0.4) is 0 Å². The fourth-order valence-corrected chi connectivity index (χ4v) is 3.66. The first-order chi connectivity index (χ1) is 10.6. The van der Waals surface area contributed by atoms with Gasteiger partial charge in [0.2, 0.25) is 0 Å². The average molecular weight is 319 g/mol. The fraction of sp³-hybridized carbons (Fsp3) is 0.312. The van der Waals surface area contributed by atoms with Gasteiger partial charge < -0.3 is 0 Å². The molecule has 1 aromatic heterocycles. The van der Waals surface area contributed by atoms with E-state index >= 15 is 0 Å². The minimum Gasteiger partial charge on any atom is -0.259 e. The van der Waals surface area contributed by atoms with Crippen molar-refractivity contribution in [1.82, 2.24) is 14.0 Å². The lowest BCUT2D eigenvalue weighted by atomic mass is 10.0. The summed E-state index contributed by atoms with van der Waals surface area (Å²) in [5.41, 5.74) is 1.53. The molecule has 0 radical (unpaired) electrons. The normalized spacial score (nSPS) is 13.2. The van der Waals surface area contributed by atoms with Gasteiger partial charge in [-0.15, -0.1) is 0 Å². The van der Waals surface area contributed by atoms with E-state index < -0.39 is 16.3 Å². The third kappa shape index (κ3) is 3.91. The summed E-state index contributed by atoms with van der Waals surface area (Å²) < 4.78 is 29.2. The van der Waals surface area contributed by atoms with Crippen molar-refractivity contribution >= 4 is 10.2 Å². The van der Waals surface area contributed by atoms with Crippen LogP contribution in [0.4, 0.5) is 0 Å².